The first-order chi connectivity index (χ1) is 12.1. The quantitative estimate of drug-likeness (QED) is 0.927. The highest BCUT2D eigenvalue weighted by Gasteiger charge is 2.35. The second-order valence-corrected chi connectivity index (χ2v) is 5.98. The SMILES string of the molecule is O=C(NCc1ccc(F)cc1)[C@H]1CCCN1C(=O)c1ccccc1F. The van der Waals surface area contributed by atoms with E-state index in [1.807, 2.05) is 0 Å². The van der Waals surface area contributed by atoms with E-state index < -0.39 is 17.8 Å². The first kappa shape index (κ1) is 17.1. The normalized spacial score (nSPS) is 16.7. The molecule has 0 aromatic heterocycles. The third-order valence-corrected chi connectivity index (χ3v) is 4.30. The summed E-state index contributed by atoms with van der Waals surface area (Å²) >= 11 is 0. The van der Waals surface area contributed by atoms with Gasteiger partial charge in [0.05, 0.1) is 5.56 Å². The van der Waals surface area contributed by atoms with E-state index in [1.165, 1.54) is 35.2 Å². The van der Waals surface area contributed by atoms with Crippen LogP contribution in [-0.4, -0.2) is 29.3 Å². The predicted octanol–water partition coefficient (Wildman–Crippen LogP) is 2.89. The maximum atomic E-state index is 13.8. The molecule has 1 atom stereocenters. The Morgan fingerprint density at radius 3 is 2.52 bits per heavy atom. The van der Waals surface area contributed by atoms with Gasteiger partial charge in [-0.3, -0.25) is 9.59 Å². The number of hydrogen-bond donors (Lipinski definition) is 1. The molecule has 0 aliphatic carbocycles. The van der Waals surface area contributed by atoms with Crippen LogP contribution in [0.4, 0.5) is 8.78 Å². The summed E-state index contributed by atoms with van der Waals surface area (Å²) in [5, 5.41) is 2.76. The first-order valence-electron chi connectivity index (χ1n) is 8.14. The molecule has 1 aliphatic heterocycles. The zero-order valence-electron chi connectivity index (χ0n) is 13.5. The predicted molar refractivity (Wildman–Crippen MR) is 88.7 cm³/mol. The number of carbonyl (C=O) groups excluding carboxylic acids is 2. The number of benzene rings is 2. The van der Waals surface area contributed by atoms with Gasteiger partial charge in [-0.1, -0.05) is 24.3 Å². The van der Waals surface area contributed by atoms with Crippen LogP contribution in [-0.2, 0) is 11.3 Å². The molecule has 2 amide bonds. The summed E-state index contributed by atoms with van der Waals surface area (Å²) in [5.74, 6) is -1.69. The number of amides is 2. The van der Waals surface area contributed by atoms with Crippen LogP contribution >= 0.6 is 0 Å². The Bertz CT molecular complexity index is 777. The minimum absolute atomic E-state index is 0.0271. The number of nitrogens with zero attached hydrogens (tertiary/aromatic N) is 1. The summed E-state index contributed by atoms with van der Waals surface area (Å²) in [6, 6.07) is 11.0. The molecular formula is C19H18F2N2O2. The molecule has 1 fully saturated rings. The summed E-state index contributed by atoms with van der Waals surface area (Å²) in [6.45, 7) is 0.666. The van der Waals surface area contributed by atoms with E-state index >= 15 is 0 Å². The Balaban J connectivity index is 1.66. The van der Waals surface area contributed by atoms with Gasteiger partial charge in [-0.2, -0.15) is 0 Å². The summed E-state index contributed by atoms with van der Waals surface area (Å²) in [6.07, 6.45) is 1.23. The van der Waals surface area contributed by atoms with Crippen molar-refractivity contribution in [3.05, 3.63) is 71.3 Å². The van der Waals surface area contributed by atoms with Crippen molar-refractivity contribution in [2.45, 2.75) is 25.4 Å². The molecule has 2 aromatic rings. The molecule has 4 nitrogen and oxygen atoms in total. The first-order valence-corrected chi connectivity index (χ1v) is 8.14. The van der Waals surface area contributed by atoms with Crippen molar-refractivity contribution < 1.29 is 18.4 Å². The van der Waals surface area contributed by atoms with E-state index in [-0.39, 0.29) is 23.8 Å². The van der Waals surface area contributed by atoms with Gasteiger partial charge in [0.2, 0.25) is 5.91 Å². The van der Waals surface area contributed by atoms with Gasteiger partial charge in [0.15, 0.2) is 0 Å². The summed E-state index contributed by atoms with van der Waals surface area (Å²) in [4.78, 5) is 26.4. The molecule has 2 aromatic carbocycles. The van der Waals surface area contributed by atoms with E-state index in [4.69, 9.17) is 0 Å². The number of hydrogen-bond acceptors (Lipinski definition) is 2. The van der Waals surface area contributed by atoms with Gasteiger partial charge in [0.25, 0.3) is 5.91 Å². The van der Waals surface area contributed by atoms with Crippen molar-refractivity contribution in [1.82, 2.24) is 10.2 Å². The minimum Gasteiger partial charge on any atom is -0.350 e. The molecule has 0 unspecified atom stereocenters. The van der Waals surface area contributed by atoms with E-state index in [9.17, 15) is 18.4 Å². The second kappa shape index (κ2) is 7.42. The van der Waals surface area contributed by atoms with Crippen LogP contribution in [0.2, 0.25) is 0 Å². The average Bonchev–Trinajstić information content (AvgIpc) is 3.10. The van der Waals surface area contributed by atoms with Crippen LogP contribution in [0.1, 0.15) is 28.8 Å². The minimum atomic E-state index is -0.618. The fourth-order valence-corrected chi connectivity index (χ4v) is 2.98. The molecule has 1 heterocycles. The standard InChI is InChI=1S/C19H18F2N2O2/c20-14-9-7-13(8-10-14)12-22-18(24)17-6-3-11-23(17)19(25)15-4-1-2-5-16(15)21/h1-2,4-5,7-10,17H,3,6,11-12H2,(H,22,24)/t17-/m1/s1. The lowest BCUT2D eigenvalue weighted by Crippen LogP contribution is -2.45. The van der Waals surface area contributed by atoms with Gasteiger partial charge < -0.3 is 10.2 Å². The topological polar surface area (TPSA) is 49.4 Å². The fourth-order valence-electron chi connectivity index (χ4n) is 2.98. The molecule has 0 saturated carbocycles. The van der Waals surface area contributed by atoms with Crippen molar-refractivity contribution in [1.29, 1.82) is 0 Å². The van der Waals surface area contributed by atoms with E-state index in [1.54, 1.807) is 18.2 Å². The van der Waals surface area contributed by atoms with Crippen molar-refractivity contribution in [3.63, 3.8) is 0 Å². The number of rotatable bonds is 4. The molecule has 130 valence electrons. The van der Waals surface area contributed by atoms with Crippen LogP contribution in [0.15, 0.2) is 48.5 Å². The Morgan fingerprint density at radius 2 is 1.80 bits per heavy atom. The van der Waals surface area contributed by atoms with Crippen molar-refractivity contribution in [2.24, 2.45) is 0 Å². The van der Waals surface area contributed by atoms with E-state index in [0.29, 0.717) is 19.4 Å². The number of likely N-dealkylation sites (tertiary alicyclic amines) is 1. The molecule has 0 radical (unpaired) electrons. The average molecular weight is 344 g/mol. The molecule has 1 N–H and O–H groups in total. The third-order valence-electron chi connectivity index (χ3n) is 4.30. The van der Waals surface area contributed by atoms with E-state index in [2.05, 4.69) is 5.32 Å². The Morgan fingerprint density at radius 1 is 1.08 bits per heavy atom. The van der Waals surface area contributed by atoms with Gasteiger partial charge in [-0.25, -0.2) is 8.78 Å². The van der Waals surface area contributed by atoms with Crippen molar-refractivity contribution >= 4 is 11.8 Å². The van der Waals surface area contributed by atoms with Crippen LogP contribution in [0.3, 0.4) is 0 Å². The third kappa shape index (κ3) is 3.84. The molecule has 1 aliphatic rings. The van der Waals surface area contributed by atoms with Crippen molar-refractivity contribution in [3.8, 4) is 0 Å². The Labute approximate surface area is 144 Å². The van der Waals surface area contributed by atoms with Gasteiger partial charge in [0, 0.05) is 13.1 Å². The van der Waals surface area contributed by atoms with Gasteiger partial charge in [-0.05, 0) is 42.7 Å². The Hall–Kier alpha value is -2.76. The van der Waals surface area contributed by atoms with Gasteiger partial charge >= 0.3 is 0 Å². The Kier molecular flexibility index (Phi) is 5.07. The molecule has 0 spiro atoms. The molecule has 6 heteroatoms. The summed E-state index contributed by atoms with van der Waals surface area (Å²) < 4.78 is 26.7. The number of halogens is 2. The highest BCUT2D eigenvalue weighted by atomic mass is 19.1. The number of carbonyl (C=O) groups is 2. The van der Waals surface area contributed by atoms with Crippen LogP contribution in [0, 0.1) is 11.6 Å². The molecule has 0 bridgehead atoms. The zero-order valence-corrected chi connectivity index (χ0v) is 13.5. The van der Waals surface area contributed by atoms with Gasteiger partial charge in [0.1, 0.15) is 17.7 Å². The van der Waals surface area contributed by atoms with Crippen LogP contribution < -0.4 is 5.32 Å². The lowest BCUT2D eigenvalue weighted by atomic mass is 10.1. The monoisotopic (exact) mass is 344 g/mol. The summed E-state index contributed by atoms with van der Waals surface area (Å²) in [7, 11) is 0. The maximum Gasteiger partial charge on any atom is 0.257 e. The van der Waals surface area contributed by atoms with Crippen molar-refractivity contribution in [2.75, 3.05) is 6.54 Å². The molecule has 25 heavy (non-hydrogen) atoms. The summed E-state index contributed by atoms with van der Waals surface area (Å²) in [5.41, 5.74) is 0.737. The lowest BCUT2D eigenvalue weighted by molar-refractivity contribution is -0.125. The highest BCUT2D eigenvalue weighted by molar-refractivity contribution is 5.98. The smallest absolute Gasteiger partial charge is 0.257 e. The fraction of sp³-hybridized carbons (Fsp3) is 0.263. The van der Waals surface area contributed by atoms with E-state index in [0.717, 1.165) is 5.56 Å². The second-order valence-electron chi connectivity index (χ2n) is 5.98. The highest BCUT2D eigenvalue weighted by Crippen LogP contribution is 2.21. The maximum absolute atomic E-state index is 13.8. The van der Waals surface area contributed by atoms with Gasteiger partial charge in [-0.15, -0.1) is 0 Å². The molecule has 1 saturated heterocycles. The van der Waals surface area contributed by atoms with Crippen LogP contribution in [0.25, 0.3) is 0 Å². The van der Waals surface area contributed by atoms with Crippen LogP contribution in [0.5, 0.6) is 0 Å². The molecular weight excluding hydrogens is 326 g/mol. The molecule has 3 rings (SSSR count). The zero-order chi connectivity index (χ0) is 17.8. The number of nitrogens with one attached hydrogen (secondary N) is 1. The lowest BCUT2D eigenvalue weighted by Gasteiger charge is -2.24. The largest absolute Gasteiger partial charge is 0.350 e.